The summed E-state index contributed by atoms with van der Waals surface area (Å²) in [6.07, 6.45) is 6.76. The second-order valence-electron chi connectivity index (χ2n) is 16.8. The van der Waals surface area contributed by atoms with Crippen LogP contribution in [0.25, 0.3) is 0 Å². The van der Waals surface area contributed by atoms with Crippen LogP contribution in [0.1, 0.15) is 73.8 Å². The normalized spacial score (nSPS) is 22.9. The van der Waals surface area contributed by atoms with Crippen LogP contribution >= 0.6 is 0 Å². The molecule has 5 atom stereocenters. The van der Waals surface area contributed by atoms with E-state index in [4.69, 9.17) is 9.47 Å². The minimum absolute atomic E-state index is 0.0267. The van der Waals surface area contributed by atoms with Crippen LogP contribution in [-0.4, -0.2) is 66.4 Å². The minimum atomic E-state index is -2.41. The standard InChI is InChI=1S/C47H55N5O5Si/c1-33-45(58(3,4)38-23-21-37(56-2)22-24-38)43(26-28-50-31-41(48-49-50)39(32-53)35-17-11-8-12-18-35)57-47(33)40-29-36(51-27-14-6-5-13-19-44(51)54)20-25-42(40)52(46(47)55)30-34-15-9-7-10-16-34/h7-12,15-18,20-25,29,31,33,39,43,45,53H,5-6,13-14,19,26-28,30,32H2,1-4H3/t33-,39?,43+,45-,47+/m0/s1. The van der Waals surface area contributed by atoms with Crippen molar-refractivity contribution in [3.05, 3.63) is 132 Å². The highest BCUT2D eigenvalue weighted by Crippen LogP contribution is 2.60. The summed E-state index contributed by atoms with van der Waals surface area (Å²) in [7, 11) is -0.730. The molecule has 1 spiro atoms. The van der Waals surface area contributed by atoms with Crippen molar-refractivity contribution < 1.29 is 24.2 Å². The lowest BCUT2D eigenvalue weighted by atomic mass is 9.82. The van der Waals surface area contributed by atoms with Gasteiger partial charge >= 0.3 is 0 Å². The molecule has 3 aliphatic rings. The van der Waals surface area contributed by atoms with Gasteiger partial charge in [0.2, 0.25) is 5.91 Å². The highest BCUT2D eigenvalue weighted by molar-refractivity contribution is 6.91. The molecule has 302 valence electrons. The van der Waals surface area contributed by atoms with Crippen molar-refractivity contribution in [3.8, 4) is 5.75 Å². The number of aliphatic hydroxyl groups is 1. The first-order valence-corrected chi connectivity index (χ1v) is 23.9. The Morgan fingerprint density at radius 1 is 0.931 bits per heavy atom. The fourth-order valence-electron chi connectivity index (χ4n) is 9.99. The van der Waals surface area contributed by atoms with Crippen LogP contribution in [0.3, 0.4) is 0 Å². The summed E-state index contributed by atoms with van der Waals surface area (Å²) in [4.78, 5) is 32.9. The number of rotatable bonds is 12. The van der Waals surface area contributed by atoms with Crippen LogP contribution in [0.5, 0.6) is 5.75 Å². The topological polar surface area (TPSA) is 110 Å². The quantitative estimate of drug-likeness (QED) is 0.130. The van der Waals surface area contributed by atoms with Gasteiger partial charge in [0.25, 0.3) is 5.91 Å². The molecule has 2 saturated heterocycles. The van der Waals surface area contributed by atoms with Gasteiger partial charge in [-0.3, -0.25) is 14.3 Å². The van der Waals surface area contributed by atoms with Gasteiger partial charge < -0.3 is 24.4 Å². The molecule has 0 saturated carbocycles. The first-order valence-electron chi connectivity index (χ1n) is 20.8. The van der Waals surface area contributed by atoms with Crippen LogP contribution in [0.2, 0.25) is 18.6 Å². The summed E-state index contributed by atoms with van der Waals surface area (Å²) in [6.45, 7) is 8.51. The second-order valence-corrected chi connectivity index (χ2v) is 21.5. The molecule has 3 aliphatic heterocycles. The third-order valence-corrected chi connectivity index (χ3v) is 17.4. The summed E-state index contributed by atoms with van der Waals surface area (Å²) in [6, 6.07) is 34.6. The molecule has 8 rings (SSSR count). The molecule has 10 nitrogen and oxygen atoms in total. The Morgan fingerprint density at radius 2 is 1.66 bits per heavy atom. The first-order chi connectivity index (χ1) is 28.1. The Balaban J connectivity index is 1.20. The van der Waals surface area contributed by atoms with E-state index in [2.05, 4.69) is 60.7 Å². The zero-order valence-electron chi connectivity index (χ0n) is 34.1. The Morgan fingerprint density at radius 3 is 2.38 bits per heavy atom. The number of anilines is 2. The van der Waals surface area contributed by atoms with E-state index in [-0.39, 0.29) is 41.9 Å². The molecule has 1 unspecified atom stereocenters. The smallest absolute Gasteiger partial charge is 0.264 e. The number of ether oxygens (including phenoxy) is 2. The first kappa shape index (κ1) is 39.7. The predicted octanol–water partition coefficient (Wildman–Crippen LogP) is 7.56. The number of hydrogen-bond acceptors (Lipinski definition) is 7. The maximum atomic E-state index is 15.5. The molecule has 2 amide bonds. The molecule has 0 aliphatic carbocycles. The number of aryl methyl sites for hydroxylation is 1. The number of amides is 2. The molecule has 4 heterocycles. The number of carbonyl (C=O) groups excluding carboxylic acids is 2. The van der Waals surface area contributed by atoms with Crippen molar-refractivity contribution in [2.45, 2.75) is 94.8 Å². The molecule has 58 heavy (non-hydrogen) atoms. The number of nitrogens with zero attached hydrogens (tertiary/aromatic N) is 5. The van der Waals surface area contributed by atoms with Crippen molar-refractivity contribution >= 4 is 36.4 Å². The highest BCUT2D eigenvalue weighted by atomic mass is 28.3. The lowest BCUT2D eigenvalue weighted by molar-refractivity contribution is -0.146. The molecule has 1 N–H and O–H groups in total. The molecule has 2 fully saturated rings. The Labute approximate surface area is 342 Å². The maximum absolute atomic E-state index is 15.5. The number of carbonyl (C=O) groups is 2. The summed E-state index contributed by atoms with van der Waals surface area (Å²) < 4.78 is 14.9. The van der Waals surface area contributed by atoms with Gasteiger partial charge in [0.1, 0.15) is 5.75 Å². The van der Waals surface area contributed by atoms with Crippen molar-refractivity contribution in [1.29, 1.82) is 0 Å². The lowest BCUT2D eigenvalue weighted by Crippen LogP contribution is -2.51. The van der Waals surface area contributed by atoms with Gasteiger partial charge in [-0.15, -0.1) is 5.10 Å². The van der Waals surface area contributed by atoms with Crippen LogP contribution < -0.4 is 19.7 Å². The highest BCUT2D eigenvalue weighted by Gasteiger charge is 2.66. The van der Waals surface area contributed by atoms with Gasteiger partial charge in [-0.1, -0.05) is 116 Å². The van der Waals surface area contributed by atoms with E-state index in [1.54, 1.807) is 7.11 Å². The fourth-order valence-corrected chi connectivity index (χ4v) is 14.1. The van der Waals surface area contributed by atoms with Crippen molar-refractivity contribution in [2.75, 3.05) is 30.1 Å². The lowest BCUT2D eigenvalue weighted by Gasteiger charge is -2.37. The van der Waals surface area contributed by atoms with E-state index in [9.17, 15) is 9.90 Å². The average molecular weight is 798 g/mol. The number of hydrogen-bond donors (Lipinski definition) is 1. The van der Waals surface area contributed by atoms with Crippen molar-refractivity contribution in [2.24, 2.45) is 5.92 Å². The molecule has 11 heteroatoms. The molecular formula is C47H55N5O5Si. The number of aliphatic hydroxyl groups excluding tert-OH is 1. The zero-order valence-corrected chi connectivity index (χ0v) is 35.1. The summed E-state index contributed by atoms with van der Waals surface area (Å²) in [5.41, 5.74) is 3.99. The zero-order chi connectivity index (χ0) is 40.4. The van der Waals surface area contributed by atoms with Gasteiger partial charge in [0.05, 0.1) is 51.7 Å². The largest absolute Gasteiger partial charge is 0.497 e. The van der Waals surface area contributed by atoms with E-state index in [1.807, 2.05) is 93.5 Å². The SMILES string of the molecule is COc1ccc([Si](C)(C)[C@@H]2[C@@H](CCn3cc(C(CO)c4ccccc4)nn3)O[C@]3(C(=O)N(Cc4ccccc4)c4ccc(N5CCCCCCC5=O)cc43)[C@H]2C)cc1. The van der Waals surface area contributed by atoms with Crippen LogP contribution in [0, 0.1) is 5.92 Å². The molecule has 1 aromatic heterocycles. The number of methoxy groups -OCH3 is 1. The third-order valence-electron chi connectivity index (χ3n) is 13.1. The van der Waals surface area contributed by atoms with Crippen LogP contribution in [0.15, 0.2) is 109 Å². The molecule has 4 aromatic carbocycles. The third kappa shape index (κ3) is 7.28. The van der Waals surface area contributed by atoms with E-state index >= 15 is 4.79 Å². The van der Waals surface area contributed by atoms with Gasteiger partial charge in [-0.25, -0.2) is 0 Å². The summed E-state index contributed by atoms with van der Waals surface area (Å²) in [5, 5.41) is 20.7. The maximum Gasteiger partial charge on any atom is 0.264 e. The van der Waals surface area contributed by atoms with Crippen molar-refractivity contribution in [1.82, 2.24) is 15.0 Å². The van der Waals surface area contributed by atoms with Gasteiger partial charge in [-0.05, 0) is 66.3 Å². The Bertz CT molecular complexity index is 2210. The predicted molar refractivity (Wildman–Crippen MR) is 229 cm³/mol. The monoisotopic (exact) mass is 797 g/mol. The summed E-state index contributed by atoms with van der Waals surface area (Å²) >= 11 is 0. The summed E-state index contributed by atoms with van der Waals surface area (Å²) in [5.74, 6) is 0.395. The van der Waals surface area contributed by atoms with E-state index in [0.29, 0.717) is 38.2 Å². The molecular weight excluding hydrogens is 743 g/mol. The second kappa shape index (κ2) is 16.6. The van der Waals surface area contributed by atoms with Crippen molar-refractivity contribution in [3.63, 3.8) is 0 Å². The molecule has 0 bridgehead atoms. The van der Waals surface area contributed by atoms with Crippen LogP contribution in [0.4, 0.5) is 11.4 Å². The average Bonchev–Trinajstić information content (AvgIpc) is 3.89. The van der Waals surface area contributed by atoms with E-state index in [1.165, 1.54) is 5.19 Å². The number of aromatic nitrogens is 3. The number of fused-ring (bicyclic) bond motifs is 2. The Hall–Kier alpha value is -5.10. The van der Waals surface area contributed by atoms with E-state index < -0.39 is 13.7 Å². The Kier molecular flexibility index (Phi) is 11.4. The fraction of sp³-hybridized carbons (Fsp3) is 0.404. The molecule has 5 aromatic rings. The molecule has 0 radical (unpaired) electrons. The van der Waals surface area contributed by atoms with Gasteiger partial charge in [0.15, 0.2) is 5.60 Å². The number of benzene rings is 4. The van der Waals surface area contributed by atoms with Gasteiger partial charge in [-0.2, -0.15) is 0 Å². The van der Waals surface area contributed by atoms with Gasteiger partial charge in [0, 0.05) is 42.9 Å². The van der Waals surface area contributed by atoms with E-state index in [0.717, 1.165) is 59.5 Å². The minimum Gasteiger partial charge on any atom is -0.497 e. The van der Waals surface area contributed by atoms with Crippen LogP contribution in [-0.2, 0) is 33.0 Å².